The van der Waals surface area contributed by atoms with Crippen molar-refractivity contribution in [2.45, 2.75) is 59.8 Å². The minimum atomic E-state index is -0.487. The van der Waals surface area contributed by atoms with Crippen molar-refractivity contribution < 1.29 is 19.1 Å². The normalized spacial score (nSPS) is 18.7. The number of hydrogen-bond acceptors (Lipinski definition) is 5. The lowest BCUT2D eigenvalue weighted by Gasteiger charge is -2.35. The smallest absolute Gasteiger partial charge is 0.309 e. The van der Waals surface area contributed by atoms with Gasteiger partial charge >= 0.3 is 5.97 Å². The second-order valence-electron chi connectivity index (χ2n) is 9.86. The highest BCUT2D eigenvalue weighted by molar-refractivity contribution is 5.83. The molecule has 0 bridgehead atoms. The number of carbonyl (C=O) groups is 2. The first-order valence-corrected chi connectivity index (χ1v) is 13.0. The van der Waals surface area contributed by atoms with E-state index in [-0.39, 0.29) is 18.3 Å². The Morgan fingerprint density at radius 3 is 2.31 bits per heavy atom. The molecule has 35 heavy (non-hydrogen) atoms. The molecule has 190 valence electrons. The maximum Gasteiger partial charge on any atom is 0.309 e. The molecule has 3 unspecified atom stereocenters. The first-order chi connectivity index (χ1) is 16.9. The van der Waals surface area contributed by atoms with Gasteiger partial charge in [0.15, 0.2) is 0 Å². The Kier molecular flexibility index (Phi) is 10.1. The van der Waals surface area contributed by atoms with Crippen molar-refractivity contribution in [3.63, 3.8) is 0 Å². The summed E-state index contributed by atoms with van der Waals surface area (Å²) in [5.41, 5.74) is 3.23. The third-order valence-corrected chi connectivity index (χ3v) is 6.59. The topological polar surface area (TPSA) is 68.7 Å². The molecule has 1 aromatic heterocycles. The Morgan fingerprint density at radius 1 is 1.03 bits per heavy atom. The summed E-state index contributed by atoms with van der Waals surface area (Å²) in [4.78, 5) is 32.1. The number of nitrogens with zero attached hydrogens (tertiary/aromatic N) is 2. The summed E-state index contributed by atoms with van der Waals surface area (Å²) >= 11 is 0. The van der Waals surface area contributed by atoms with Crippen molar-refractivity contribution in [3.8, 4) is 5.75 Å². The van der Waals surface area contributed by atoms with Gasteiger partial charge in [-0.25, -0.2) is 0 Å². The van der Waals surface area contributed by atoms with Gasteiger partial charge in [0.05, 0.1) is 19.1 Å². The second kappa shape index (κ2) is 13.3. The van der Waals surface area contributed by atoms with Gasteiger partial charge in [0.1, 0.15) is 5.75 Å². The van der Waals surface area contributed by atoms with Crippen molar-refractivity contribution in [2.24, 2.45) is 17.8 Å². The van der Waals surface area contributed by atoms with Crippen LogP contribution in [0.1, 0.15) is 57.4 Å². The summed E-state index contributed by atoms with van der Waals surface area (Å²) < 4.78 is 11.2. The van der Waals surface area contributed by atoms with E-state index in [0.717, 1.165) is 49.4 Å². The van der Waals surface area contributed by atoms with Crippen LogP contribution < -0.4 is 4.74 Å². The van der Waals surface area contributed by atoms with Gasteiger partial charge in [0.25, 0.3) is 0 Å². The average molecular weight is 481 g/mol. The van der Waals surface area contributed by atoms with Crippen LogP contribution in [0, 0.1) is 17.8 Å². The zero-order valence-electron chi connectivity index (χ0n) is 21.7. The summed E-state index contributed by atoms with van der Waals surface area (Å²) in [6.45, 7) is 10.7. The number of piperidine rings is 1. The fourth-order valence-corrected chi connectivity index (χ4v) is 4.80. The fourth-order valence-electron chi connectivity index (χ4n) is 4.80. The molecule has 0 aliphatic carbocycles. The van der Waals surface area contributed by atoms with Gasteiger partial charge in [-0.15, -0.1) is 0 Å². The third kappa shape index (κ3) is 8.37. The first-order valence-electron chi connectivity index (χ1n) is 13.0. The second-order valence-corrected chi connectivity index (χ2v) is 9.86. The maximum absolute atomic E-state index is 13.0. The van der Waals surface area contributed by atoms with Gasteiger partial charge in [-0.05, 0) is 67.3 Å². The number of amides is 1. The SMILES string of the molecule is CCOC(=O)C(CC(=O)N1CC(C)CC(C)C1)Cc1ccc(OCCc2ccc(CC)cn2)cc1. The van der Waals surface area contributed by atoms with Crippen molar-refractivity contribution >= 4 is 11.9 Å². The fraction of sp³-hybridized carbons (Fsp3) is 0.552. The van der Waals surface area contributed by atoms with E-state index in [1.54, 1.807) is 6.92 Å². The molecule has 2 heterocycles. The quantitative estimate of drug-likeness (QED) is 0.429. The number of benzene rings is 1. The molecule has 2 aromatic rings. The molecule has 1 aliphatic rings. The van der Waals surface area contributed by atoms with Crippen molar-refractivity contribution in [1.29, 1.82) is 0 Å². The largest absolute Gasteiger partial charge is 0.493 e. The Bertz CT molecular complexity index is 932. The number of aromatic nitrogens is 1. The number of rotatable bonds is 11. The van der Waals surface area contributed by atoms with Crippen LogP contribution in [0.2, 0.25) is 0 Å². The molecule has 6 heteroatoms. The maximum atomic E-state index is 13.0. The zero-order chi connectivity index (χ0) is 25.2. The summed E-state index contributed by atoms with van der Waals surface area (Å²) in [6.07, 6.45) is 5.44. The highest BCUT2D eigenvalue weighted by Gasteiger charge is 2.30. The predicted octanol–water partition coefficient (Wildman–Crippen LogP) is 4.88. The molecule has 1 aliphatic heterocycles. The summed E-state index contributed by atoms with van der Waals surface area (Å²) in [7, 11) is 0. The Morgan fingerprint density at radius 2 is 1.71 bits per heavy atom. The van der Waals surface area contributed by atoms with Gasteiger partial charge < -0.3 is 14.4 Å². The number of aryl methyl sites for hydroxylation is 1. The van der Waals surface area contributed by atoms with Crippen LogP contribution >= 0.6 is 0 Å². The molecule has 0 radical (unpaired) electrons. The van der Waals surface area contributed by atoms with E-state index in [2.05, 4.69) is 31.8 Å². The number of esters is 1. The third-order valence-electron chi connectivity index (χ3n) is 6.59. The molecule has 1 amide bonds. The van der Waals surface area contributed by atoms with Crippen LogP contribution in [0.4, 0.5) is 0 Å². The van der Waals surface area contributed by atoms with Gasteiger partial charge in [-0.3, -0.25) is 14.6 Å². The number of likely N-dealkylation sites (tertiary alicyclic amines) is 1. The van der Waals surface area contributed by atoms with Crippen LogP contribution in [0.3, 0.4) is 0 Å². The van der Waals surface area contributed by atoms with E-state index >= 15 is 0 Å². The molecule has 0 spiro atoms. The summed E-state index contributed by atoms with van der Waals surface area (Å²) in [5.74, 6) is 1.01. The molecule has 3 rings (SSSR count). The minimum absolute atomic E-state index is 0.0435. The van der Waals surface area contributed by atoms with Crippen LogP contribution in [0.25, 0.3) is 0 Å². The molecule has 0 saturated carbocycles. The zero-order valence-corrected chi connectivity index (χ0v) is 21.7. The number of hydrogen-bond donors (Lipinski definition) is 0. The van der Waals surface area contributed by atoms with Crippen molar-refractivity contribution in [3.05, 3.63) is 59.4 Å². The van der Waals surface area contributed by atoms with E-state index in [4.69, 9.17) is 9.47 Å². The van der Waals surface area contributed by atoms with E-state index in [1.165, 1.54) is 5.56 Å². The van der Waals surface area contributed by atoms with Gasteiger partial charge in [0, 0.05) is 37.8 Å². The van der Waals surface area contributed by atoms with E-state index in [0.29, 0.717) is 31.5 Å². The van der Waals surface area contributed by atoms with Crippen LogP contribution in [-0.4, -0.2) is 48.1 Å². The summed E-state index contributed by atoms with van der Waals surface area (Å²) in [6, 6.07) is 11.9. The van der Waals surface area contributed by atoms with Crippen molar-refractivity contribution in [2.75, 3.05) is 26.3 Å². The molecular weight excluding hydrogens is 440 g/mol. The molecular formula is C29H40N2O4. The van der Waals surface area contributed by atoms with Crippen LogP contribution in [-0.2, 0) is 33.6 Å². The summed E-state index contributed by atoms with van der Waals surface area (Å²) in [5, 5.41) is 0. The molecule has 3 atom stereocenters. The molecule has 6 nitrogen and oxygen atoms in total. The van der Waals surface area contributed by atoms with E-state index in [1.807, 2.05) is 41.4 Å². The van der Waals surface area contributed by atoms with E-state index < -0.39 is 5.92 Å². The van der Waals surface area contributed by atoms with Crippen LogP contribution in [0.15, 0.2) is 42.6 Å². The Balaban J connectivity index is 1.54. The van der Waals surface area contributed by atoms with E-state index in [9.17, 15) is 9.59 Å². The predicted molar refractivity (Wildman–Crippen MR) is 137 cm³/mol. The first kappa shape index (κ1) is 26.7. The monoisotopic (exact) mass is 480 g/mol. The number of ether oxygens (including phenoxy) is 2. The highest BCUT2D eigenvalue weighted by Crippen LogP contribution is 2.24. The average Bonchev–Trinajstić information content (AvgIpc) is 2.84. The highest BCUT2D eigenvalue weighted by atomic mass is 16.5. The molecule has 0 N–H and O–H groups in total. The lowest BCUT2D eigenvalue weighted by molar-refractivity contribution is -0.151. The Hall–Kier alpha value is -2.89. The molecule has 1 fully saturated rings. The van der Waals surface area contributed by atoms with Gasteiger partial charge in [0.2, 0.25) is 5.91 Å². The van der Waals surface area contributed by atoms with Gasteiger partial charge in [-0.2, -0.15) is 0 Å². The lowest BCUT2D eigenvalue weighted by atomic mass is 9.90. The molecule has 1 aromatic carbocycles. The minimum Gasteiger partial charge on any atom is -0.493 e. The van der Waals surface area contributed by atoms with Crippen molar-refractivity contribution in [1.82, 2.24) is 9.88 Å². The Labute approximate surface area is 210 Å². The lowest BCUT2D eigenvalue weighted by Crippen LogP contribution is -2.43. The number of carbonyl (C=O) groups excluding carboxylic acids is 2. The molecule has 1 saturated heterocycles. The van der Waals surface area contributed by atoms with Gasteiger partial charge in [-0.1, -0.05) is 39.0 Å². The standard InChI is InChI=1S/C29H40N2O4/c1-5-23-7-10-26(30-18-23)13-14-35-27-11-8-24(9-12-27)16-25(29(33)34-6-2)17-28(32)31-19-21(3)15-22(4)20-31/h7-12,18,21-22,25H,5-6,13-17,19-20H2,1-4H3. The van der Waals surface area contributed by atoms with Crippen LogP contribution in [0.5, 0.6) is 5.75 Å². The number of pyridine rings is 1.